The first kappa shape index (κ1) is 20.2. The third-order valence-corrected chi connectivity index (χ3v) is 4.51. The zero-order valence-electron chi connectivity index (χ0n) is 16.5. The standard InChI is InChI=1S/C20H23N5O4/c1-13(26)19-24(10-6-7-11-29-14(2)27)17-16(18(28)23-20(21)22-17)25(19)12-15-8-4-3-5-9-15/h3-5,8-9H,6-7,10-12H2,1-2H3,(H2-,21,22,23,26,28)/p+1. The number of aromatic amines is 1. The number of Topliss-reactive ketones (excluding diaryl/α,β-unsaturated/α-hetero) is 1. The molecule has 2 aromatic heterocycles. The van der Waals surface area contributed by atoms with Crippen LogP contribution >= 0.6 is 0 Å². The number of unbranched alkanes of at least 4 members (excludes halogenated alkanes) is 1. The highest BCUT2D eigenvalue weighted by atomic mass is 16.5. The predicted molar refractivity (Wildman–Crippen MR) is 106 cm³/mol. The molecule has 3 N–H and O–H groups in total. The second-order valence-electron chi connectivity index (χ2n) is 6.77. The Morgan fingerprint density at radius 1 is 1.21 bits per heavy atom. The molecule has 0 aliphatic carbocycles. The van der Waals surface area contributed by atoms with Crippen LogP contribution in [0.3, 0.4) is 0 Å². The molecule has 0 aliphatic rings. The summed E-state index contributed by atoms with van der Waals surface area (Å²) in [5.41, 5.74) is 6.97. The van der Waals surface area contributed by atoms with Gasteiger partial charge in [0.2, 0.25) is 11.3 Å². The van der Waals surface area contributed by atoms with E-state index in [0.29, 0.717) is 49.5 Å². The molecule has 0 fully saturated rings. The number of nitrogens with one attached hydrogen (secondary N) is 1. The van der Waals surface area contributed by atoms with Crippen molar-refractivity contribution in [3.63, 3.8) is 0 Å². The molecule has 0 saturated heterocycles. The molecule has 152 valence electrons. The maximum Gasteiger partial charge on any atom is 0.312 e. The van der Waals surface area contributed by atoms with Crippen LogP contribution in [-0.4, -0.2) is 32.9 Å². The van der Waals surface area contributed by atoms with Gasteiger partial charge in [0.15, 0.2) is 0 Å². The largest absolute Gasteiger partial charge is 0.466 e. The Morgan fingerprint density at radius 3 is 2.59 bits per heavy atom. The van der Waals surface area contributed by atoms with Gasteiger partial charge < -0.3 is 10.5 Å². The van der Waals surface area contributed by atoms with Crippen molar-refractivity contribution in [2.24, 2.45) is 0 Å². The van der Waals surface area contributed by atoms with E-state index in [9.17, 15) is 14.4 Å². The summed E-state index contributed by atoms with van der Waals surface area (Å²) in [4.78, 5) is 42.9. The third-order valence-electron chi connectivity index (χ3n) is 4.51. The van der Waals surface area contributed by atoms with Crippen molar-refractivity contribution in [3.8, 4) is 0 Å². The van der Waals surface area contributed by atoms with Crippen LogP contribution < -0.4 is 15.9 Å². The molecule has 0 atom stereocenters. The Labute approximate surface area is 167 Å². The first-order chi connectivity index (χ1) is 13.9. The van der Waals surface area contributed by atoms with E-state index in [2.05, 4.69) is 9.97 Å². The van der Waals surface area contributed by atoms with Gasteiger partial charge in [0.1, 0.15) is 0 Å². The summed E-state index contributed by atoms with van der Waals surface area (Å²) in [5.74, 6) is -0.150. The first-order valence-electron chi connectivity index (χ1n) is 9.38. The van der Waals surface area contributed by atoms with Crippen molar-refractivity contribution >= 4 is 28.9 Å². The van der Waals surface area contributed by atoms with Crippen molar-refractivity contribution in [1.29, 1.82) is 0 Å². The summed E-state index contributed by atoms with van der Waals surface area (Å²) in [6.07, 6.45) is 1.25. The minimum Gasteiger partial charge on any atom is -0.466 e. The summed E-state index contributed by atoms with van der Waals surface area (Å²) >= 11 is 0. The number of anilines is 1. The van der Waals surface area contributed by atoms with E-state index in [4.69, 9.17) is 10.5 Å². The summed E-state index contributed by atoms with van der Waals surface area (Å²) in [5, 5.41) is 0. The lowest BCUT2D eigenvalue weighted by Crippen LogP contribution is -2.40. The van der Waals surface area contributed by atoms with E-state index < -0.39 is 5.56 Å². The molecule has 29 heavy (non-hydrogen) atoms. The van der Waals surface area contributed by atoms with Crippen LogP contribution in [0.15, 0.2) is 35.1 Å². The molecule has 0 spiro atoms. The van der Waals surface area contributed by atoms with Gasteiger partial charge in [-0.3, -0.25) is 19.4 Å². The van der Waals surface area contributed by atoms with Crippen LogP contribution in [0, 0.1) is 0 Å². The maximum atomic E-state index is 12.7. The number of carbonyl (C=O) groups excluding carboxylic acids is 2. The minimum absolute atomic E-state index is 0.0110. The van der Waals surface area contributed by atoms with Crippen LogP contribution in [-0.2, 0) is 22.6 Å². The number of aromatic nitrogens is 4. The lowest BCUT2D eigenvalue weighted by atomic mass is 10.2. The van der Waals surface area contributed by atoms with E-state index in [0.717, 1.165) is 5.56 Å². The number of nitrogens with zero attached hydrogens (tertiary/aromatic N) is 3. The summed E-state index contributed by atoms with van der Waals surface area (Å²) in [6.45, 7) is 3.90. The molecule has 2 heterocycles. The molecular formula is C20H24N5O4+. The molecule has 9 nitrogen and oxygen atoms in total. The third kappa shape index (κ3) is 4.50. The molecule has 0 amide bonds. The fourth-order valence-corrected chi connectivity index (χ4v) is 3.36. The highest BCUT2D eigenvalue weighted by Crippen LogP contribution is 2.14. The Bertz CT molecular complexity index is 1100. The number of ketones is 1. The van der Waals surface area contributed by atoms with E-state index in [1.165, 1.54) is 13.8 Å². The van der Waals surface area contributed by atoms with E-state index in [-0.39, 0.29) is 17.7 Å². The molecule has 0 unspecified atom stereocenters. The second-order valence-corrected chi connectivity index (χ2v) is 6.77. The summed E-state index contributed by atoms with van der Waals surface area (Å²) in [7, 11) is 0. The monoisotopic (exact) mass is 398 g/mol. The molecular weight excluding hydrogens is 374 g/mol. The predicted octanol–water partition coefficient (Wildman–Crippen LogP) is 1.19. The van der Waals surface area contributed by atoms with Crippen molar-refractivity contribution in [2.75, 3.05) is 12.3 Å². The Balaban J connectivity index is 2.06. The van der Waals surface area contributed by atoms with Crippen molar-refractivity contribution in [3.05, 3.63) is 52.1 Å². The molecule has 0 bridgehead atoms. The number of hydrogen-bond acceptors (Lipinski definition) is 6. The number of ether oxygens (including phenoxy) is 1. The number of benzene rings is 1. The van der Waals surface area contributed by atoms with Gasteiger partial charge in [-0.1, -0.05) is 35.3 Å². The van der Waals surface area contributed by atoms with Gasteiger partial charge >= 0.3 is 11.6 Å². The quantitative estimate of drug-likeness (QED) is 0.254. The Kier molecular flexibility index (Phi) is 6.06. The minimum atomic E-state index is -0.399. The number of fused-ring (bicyclic) bond motifs is 1. The van der Waals surface area contributed by atoms with Gasteiger partial charge in [-0.25, -0.2) is 9.13 Å². The lowest BCUT2D eigenvalue weighted by molar-refractivity contribution is -0.676. The number of nitrogen functional groups attached to an aromatic ring is 1. The summed E-state index contributed by atoms with van der Waals surface area (Å²) in [6, 6.07) is 9.56. The highest BCUT2D eigenvalue weighted by molar-refractivity contribution is 5.91. The average molecular weight is 398 g/mol. The van der Waals surface area contributed by atoms with Crippen LogP contribution in [0.5, 0.6) is 0 Å². The number of rotatable bonds is 8. The highest BCUT2D eigenvalue weighted by Gasteiger charge is 2.30. The fraction of sp³-hybridized carbons (Fsp3) is 0.350. The molecule has 0 radical (unpaired) electrons. The maximum absolute atomic E-state index is 12.7. The molecule has 0 saturated carbocycles. The Morgan fingerprint density at radius 2 is 1.93 bits per heavy atom. The summed E-state index contributed by atoms with van der Waals surface area (Å²) < 4.78 is 8.36. The zero-order chi connectivity index (χ0) is 21.0. The number of imidazole rings is 1. The normalized spacial score (nSPS) is 11.0. The molecule has 1 aromatic carbocycles. The second kappa shape index (κ2) is 8.68. The van der Waals surface area contributed by atoms with Gasteiger partial charge in [0.05, 0.1) is 19.7 Å². The number of carbonyl (C=O) groups is 2. The van der Waals surface area contributed by atoms with Gasteiger partial charge in [-0.15, -0.1) is 0 Å². The van der Waals surface area contributed by atoms with E-state index >= 15 is 0 Å². The van der Waals surface area contributed by atoms with E-state index in [1.807, 2.05) is 30.3 Å². The molecule has 9 heteroatoms. The number of nitrogens with two attached hydrogens (primary N) is 1. The van der Waals surface area contributed by atoms with Crippen LogP contribution in [0.1, 0.15) is 42.9 Å². The van der Waals surface area contributed by atoms with Gasteiger partial charge in [-0.05, 0) is 18.4 Å². The van der Waals surface area contributed by atoms with Gasteiger partial charge in [0.25, 0.3) is 17.3 Å². The fourth-order valence-electron chi connectivity index (χ4n) is 3.36. The smallest absolute Gasteiger partial charge is 0.312 e. The zero-order valence-corrected chi connectivity index (χ0v) is 16.5. The van der Waals surface area contributed by atoms with Crippen LogP contribution in [0.4, 0.5) is 5.95 Å². The number of hydrogen-bond donors (Lipinski definition) is 2. The lowest BCUT2D eigenvalue weighted by Gasteiger charge is -2.05. The van der Waals surface area contributed by atoms with E-state index in [1.54, 1.807) is 9.13 Å². The topological polar surface area (TPSA) is 124 Å². The van der Waals surface area contributed by atoms with Crippen molar-refractivity contribution in [2.45, 2.75) is 39.8 Å². The first-order valence-corrected chi connectivity index (χ1v) is 9.38. The van der Waals surface area contributed by atoms with Gasteiger partial charge in [-0.2, -0.15) is 0 Å². The molecule has 0 aliphatic heterocycles. The Hall–Kier alpha value is -3.49. The molecule has 3 aromatic rings. The van der Waals surface area contributed by atoms with Crippen LogP contribution in [0.2, 0.25) is 0 Å². The SMILES string of the molecule is CC(=O)OCCCC[n+]1c(C(C)=O)n(Cc2ccccc2)c2c(=O)[nH]c(N)nc21. The van der Waals surface area contributed by atoms with Gasteiger partial charge in [0, 0.05) is 13.8 Å². The number of H-pyrrole nitrogens is 1. The number of aryl methyl sites for hydroxylation is 1. The molecule has 3 rings (SSSR count). The van der Waals surface area contributed by atoms with Crippen molar-refractivity contribution < 1.29 is 18.9 Å². The number of esters is 1. The average Bonchev–Trinajstić information content (AvgIpc) is 2.95. The van der Waals surface area contributed by atoms with Crippen molar-refractivity contribution in [1.82, 2.24) is 14.5 Å². The van der Waals surface area contributed by atoms with Crippen LogP contribution in [0.25, 0.3) is 11.2 Å².